The summed E-state index contributed by atoms with van der Waals surface area (Å²) in [6.45, 7) is 4.95. The van der Waals surface area contributed by atoms with E-state index in [1.54, 1.807) is 36.6 Å². The molecule has 0 bridgehead atoms. The van der Waals surface area contributed by atoms with Gasteiger partial charge in [-0.05, 0) is 68.5 Å². The number of halogens is 1. The third-order valence-electron chi connectivity index (χ3n) is 6.87. The topological polar surface area (TPSA) is 71.4 Å². The van der Waals surface area contributed by atoms with Crippen molar-refractivity contribution in [3.8, 4) is 5.69 Å². The van der Waals surface area contributed by atoms with Gasteiger partial charge in [-0.2, -0.15) is 0 Å². The molecule has 0 saturated carbocycles. The van der Waals surface area contributed by atoms with Crippen LogP contribution >= 0.6 is 0 Å². The second-order valence-electron chi connectivity index (χ2n) is 8.86. The molecule has 1 atom stereocenters. The lowest BCUT2D eigenvalue weighted by molar-refractivity contribution is -0.131. The Balaban J connectivity index is 1.43. The molecule has 3 amide bonds. The molecule has 3 aromatic rings. The molecule has 1 aliphatic heterocycles. The van der Waals surface area contributed by atoms with Crippen molar-refractivity contribution < 1.29 is 18.8 Å². The van der Waals surface area contributed by atoms with Crippen LogP contribution in [0, 0.1) is 26.6 Å². The molecule has 7 heteroatoms. The highest BCUT2D eigenvalue weighted by Gasteiger charge is 2.55. The van der Waals surface area contributed by atoms with Crippen LogP contribution in [0.1, 0.15) is 44.9 Å². The minimum absolute atomic E-state index is 0.325. The number of fused-ring (bicyclic) bond motifs is 2. The average molecular weight is 445 g/mol. The molecule has 0 unspecified atom stereocenters. The van der Waals surface area contributed by atoms with Crippen LogP contribution in [0.3, 0.4) is 0 Å². The molecule has 1 saturated heterocycles. The molecular formula is C26H24FN3O3. The fourth-order valence-electron chi connectivity index (χ4n) is 5.13. The lowest BCUT2D eigenvalue weighted by Gasteiger charge is -2.22. The molecule has 1 fully saturated rings. The number of aromatic nitrogens is 1. The predicted molar refractivity (Wildman–Crippen MR) is 121 cm³/mol. The summed E-state index contributed by atoms with van der Waals surface area (Å²) in [5.41, 5.74) is 3.70. The van der Waals surface area contributed by atoms with Crippen molar-refractivity contribution in [1.29, 1.82) is 0 Å². The lowest BCUT2D eigenvalue weighted by atomic mass is 9.92. The monoisotopic (exact) mass is 445 g/mol. The highest BCUT2D eigenvalue weighted by molar-refractivity contribution is 6.12. The summed E-state index contributed by atoms with van der Waals surface area (Å²) in [7, 11) is 0. The van der Waals surface area contributed by atoms with Gasteiger partial charge in [0.15, 0.2) is 5.78 Å². The molecule has 6 nitrogen and oxygen atoms in total. The second kappa shape index (κ2) is 7.40. The number of benzene rings is 2. The summed E-state index contributed by atoms with van der Waals surface area (Å²) in [6, 6.07) is 13.7. The van der Waals surface area contributed by atoms with E-state index in [1.165, 1.54) is 6.07 Å². The van der Waals surface area contributed by atoms with Crippen LogP contribution in [-0.2, 0) is 16.8 Å². The molecule has 1 aliphatic carbocycles. The Morgan fingerprint density at radius 2 is 1.85 bits per heavy atom. The van der Waals surface area contributed by atoms with Gasteiger partial charge in [-0.3, -0.25) is 14.5 Å². The van der Waals surface area contributed by atoms with E-state index in [9.17, 15) is 18.8 Å². The number of imide groups is 1. The van der Waals surface area contributed by atoms with Gasteiger partial charge in [0, 0.05) is 22.6 Å². The van der Waals surface area contributed by atoms with Gasteiger partial charge in [0.1, 0.15) is 11.4 Å². The summed E-state index contributed by atoms with van der Waals surface area (Å²) in [5, 5.41) is 2.85. The Morgan fingerprint density at radius 3 is 2.61 bits per heavy atom. The maximum atomic E-state index is 14.1. The zero-order chi connectivity index (χ0) is 23.5. The summed E-state index contributed by atoms with van der Waals surface area (Å²) in [5.74, 6) is -1.05. The number of nitrogens with zero attached hydrogens (tertiary/aromatic N) is 2. The maximum Gasteiger partial charge on any atom is 0.325 e. The Labute approximate surface area is 191 Å². The van der Waals surface area contributed by atoms with E-state index in [1.807, 2.05) is 31.2 Å². The van der Waals surface area contributed by atoms with Crippen molar-refractivity contribution in [3.63, 3.8) is 0 Å². The summed E-state index contributed by atoms with van der Waals surface area (Å²) < 4.78 is 15.9. The van der Waals surface area contributed by atoms with E-state index in [2.05, 4.69) is 5.32 Å². The van der Waals surface area contributed by atoms with Gasteiger partial charge >= 0.3 is 6.03 Å². The molecule has 2 heterocycles. The van der Waals surface area contributed by atoms with Crippen LogP contribution < -0.4 is 5.32 Å². The molecule has 1 spiro atoms. The van der Waals surface area contributed by atoms with Crippen molar-refractivity contribution in [2.24, 2.45) is 0 Å². The van der Waals surface area contributed by atoms with Crippen LogP contribution in [0.5, 0.6) is 0 Å². The first-order chi connectivity index (χ1) is 15.7. The smallest absolute Gasteiger partial charge is 0.319 e. The first-order valence-corrected chi connectivity index (χ1v) is 10.9. The van der Waals surface area contributed by atoms with Crippen molar-refractivity contribution in [3.05, 3.63) is 88.0 Å². The van der Waals surface area contributed by atoms with Gasteiger partial charge in [0.05, 0.1) is 6.54 Å². The Morgan fingerprint density at radius 1 is 1.09 bits per heavy atom. The SMILES string of the molecule is Cc1ccc(-n2c(C)cc(C(=O)CN3C(=O)N[C@@]4(CCc5ccccc54)C3=O)c2C)cc1F. The first kappa shape index (κ1) is 21.1. The van der Waals surface area contributed by atoms with Crippen molar-refractivity contribution in [2.45, 2.75) is 39.2 Å². The number of hydrogen-bond donors (Lipinski definition) is 1. The van der Waals surface area contributed by atoms with Gasteiger partial charge in [0.25, 0.3) is 5.91 Å². The number of urea groups is 1. The standard InChI is InChI=1S/C26H24FN3O3/c1-15-8-9-19(13-22(15)27)30-16(2)12-20(17(30)3)23(31)14-29-24(32)26(28-25(29)33)11-10-18-6-4-5-7-21(18)26/h4-9,12-13H,10-11,14H2,1-3H3,(H,28,33)/t26-/m1/s1. The maximum absolute atomic E-state index is 14.1. The van der Waals surface area contributed by atoms with Crippen molar-refractivity contribution in [1.82, 2.24) is 14.8 Å². The van der Waals surface area contributed by atoms with E-state index < -0.39 is 11.6 Å². The number of ketones is 1. The number of nitrogens with one attached hydrogen (secondary N) is 1. The predicted octanol–water partition coefficient (Wildman–Crippen LogP) is 4.12. The van der Waals surface area contributed by atoms with Crippen LogP contribution in [0.25, 0.3) is 5.69 Å². The third-order valence-corrected chi connectivity index (χ3v) is 6.87. The zero-order valence-corrected chi connectivity index (χ0v) is 18.7. The summed E-state index contributed by atoms with van der Waals surface area (Å²) in [4.78, 5) is 40.4. The second-order valence-corrected chi connectivity index (χ2v) is 8.86. The van der Waals surface area contributed by atoms with Crippen molar-refractivity contribution in [2.75, 3.05) is 6.54 Å². The minimum atomic E-state index is -1.09. The Kier molecular flexibility index (Phi) is 4.74. The number of rotatable bonds is 4. The largest absolute Gasteiger partial charge is 0.325 e. The third kappa shape index (κ3) is 3.10. The molecule has 0 radical (unpaired) electrons. The minimum Gasteiger partial charge on any atom is -0.319 e. The summed E-state index contributed by atoms with van der Waals surface area (Å²) >= 11 is 0. The van der Waals surface area contributed by atoms with Gasteiger partial charge in [-0.15, -0.1) is 0 Å². The van der Waals surface area contributed by atoms with Crippen LogP contribution in [-0.4, -0.2) is 33.7 Å². The van der Waals surface area contributed by atoms with E-state index in [4.69, 9.17) is 0 Å². The number of carbonyl (C=O) groups is 3. The number of aryl methyl sites for hydroxylation is 3. The lowest BCUT2D eigenvalue weighted by Crippen LogP contribution is -2.42. The summed E-state index contributed by atoms with van der Waals surface area (Å²) in [6.07, 6.45) is 1.17. The van der Waals surface area contributed by atoms with Gasteiger partial charge in [-0.1, -0.05) is 30.3 Å². The fourth-order valence-corrected chi connectivity index (χ4v) is 5.13. The zero-order valence-electron chi connectivity index (χ0n) is 18.7. The van der Waals surface area contributed by atoms with Gasteiger partial charge < -0.3 is 9.88 Å². The van der Waals surface area contributed by atoms with E-state index >= 15 is 0 Å². The van der Waals surface area contributed by atoms with Crippen LogP contribution in [0.2, 0.25) is 0 Å². The fraction of sp³-hybridized carbons (Fsp3) is 0.269. The van der Waals surface area contributed by atoms with E-state index in [0.29, 0.717) is 35.3 Å². The highest BCUT2D eigenvalue weighted by atomic mass is 19.1. The van der Waals surface area contributed by atoms with Crippen LogP contribution in [0.4, 0.5) is 9.18 Å². The highest BCUT2D eigenvalue weighted by Crippen LogP contribution is 2.41. The first-order valence-electron chi connectivity index (χ1n) is 10.9. The van der Waals surface area contributed by atoms with Crippen LogP contribution in [0.15, 0.2) is 48.5 Å². The molecular weight excluding hydrogens is 421 g/mol. The normalized spacial score (nSPS) is 19.3. The molecule has 5 rings (SSSR count). The molecule has 1 N–H and O–H groups in total. The van der Waals surface area contributed by atoms with Crippen molar-refractivity contribution >= 4 is 17.7 Å². The van der Waals surface area contributed by atoms with Gasteiger partial charge in [-0.25, -0.2) is 9.18 Å². The number of Topliss-reactive ketones (excluding diaryl/α,β-unsaturated/α-hetero) is 1. The Hall–Kier alpha value is -3.74. The molecule has 2 aromatic carbocycles. The van der Waals surface area contributed by atoms with Gasteiger partial charge in [0.2, 0.25) is 0 Å². The molecule has 33 heavy (non-hydrogen) atoms. The Bertz CT molecular complexity index is 1340. The molecule has 168 valence electrons. The number of carbonyl (C=O) groups excluding carboxylic acids is 3. The molecule has 1 aromatic heterocycles. The number of amides is 3. The molecule has 2 aliphatic rings. The quantitative estimate of drug-likeness (QED) is 0.485. The van der Waals surface area contributed by atoms with E-state index in [-0.39, 0.29) is 24.1 Å². The van der Waals surface area contributed by atoms with E-state index in [0.717, 1.165) is 21.7 Å². The number of hydrogen-bond acceptors (Lipinski definition) is 3. The average Bonchev–Trinajstić information content (AvgIpc) is 3.38.